The highest BCUT2D eigenvalue weighted by Gasteiger charge is 2.23. The molecular formula is C18H25N5O. The van der Waals surface area contributed by atoms with Crippen LogP contribution in [0.3, 0.4) is 0 Å². The van der Waals surface area contributed by atoms with Crippen molar-refractivity contribution in [3.63, 3.8) is 0 Å². The van der Waals surface area contributed by atoms with Crippen molar-refractivity contribution in [1.29, 1.82) is 0 Å². The third-order valence-electron chi connectivity index (χ3n) is 4.58. The van der Waals surface area contributed by atoms with E-state index < -0.39 is 0 Å². The van der Waals surface area contributed by atoms with Gasteiger partial charge in [0.25, 0.3) is 5.91 Å². The average Bonchev–Trinajstić information content (AvgIpc) is 3.09. The second-order valence-corrected chi connectivity index (χ2v) is 6.64. The SMILES string of the molecule is CN(C)C(=O)c1cccc(CN2CCCC[C@@H]2Cn2cncn2)c1. The number of rotatable bonds is 5. The molecule has 0 bridgehead atoms. The molecule has 1 amide bonds. The lowest BCUT2D eigenvalue weighted by Gasteiger charge is -2.35. The maximum absolute atomic E-state index is 12.2. The predicted octanol–water partition coefficient (Wildman–Crippen LogP) is 2.03. The zero-order valence-corrected chi connectivity index (χ0v) is 14.4. The Kier molecular flexibility index (Phi) is 5.25. The monoisotopic (exact) mass is 327 g/mol. The molecule has 1 aliphatic rings. The van der Waals surface area contributed by atoms with Crippen molar-refractivity contribution in [2.24, 2.45) is 0 Å². The minimum absolute atomic E-state index is 0.0506. The molecule has 1 saturated heterocycles. The molecular weight excluding hydrogens is 302 g/mol. The predicted molar refractivity (Wildman–Crippen MR) is 92.5 cm³/mol. The number of amides is 1. The maximum Gasteiger partial charge on any atom is 0.253 e. The summed E-state index contributed by atoms with van der Waals surface area (Å²) in [4.78, 5) is 20.3. The number of benzene rings is 1. The van der Waals surface area contributed by atoms with Crippen molar-refractivity contribution in [3.05, 3.63) is 48.0 Å². The molecule has 1 fully saturated rings. The molecule has 1 aliphatic heterocycles. The molecule has 3 rings (SSSR count). The van der Waals surface area contributed by atoms with Gasteiger partial charge in [-0.25, -0.2) is 4.98 Å². The highest BCUT2D eigenvalue weighted by atomic mass is 16.2. The van der Waals surface area contributed by atoms with Gasteiger partial charge in [0.1, 0.15) is 12.7 Å². The van der Waals surface area contributed by atoms with Gasteiger partial charge in [0, 0.05) is 32.2 Å². The van der Waals surface area contributed by atoms with Crippen LogP contribution in [0.4, 0.5) is 0 Å². The van der Waals surface area contributed by atoms with Crippen LogP contribution in [0.1, 0.15) is 35.2 Å². The van der Waals surface area contributed by atoms with Gasteiger partial charge in [0.2, 0.25) is 0 Å². The molecule has 0 radical (unpaired) electrons. The van der Waals surface area contributed by atoms with Crippen molar-refractivity contribution >= 4 is 5.91 Å². The van der Waals surface area contributed by atoms with Gasteiger partial charge in [-0.3, -0.25) is 14.4 Å². The van der Waals surface area contributed by atoms with Crippen LogP contribution in [0.15, 0.2) is 36.9 Å². The molecule has 0 spiro atoms. The summed E-state index contributed by atoms with van der Waals surface area (Å²) in [5, 5.41) is 4.24. The molecule has 128 valence electrons. The van der Waals surface area contributed by atoms with E-state index in [4.69, 9.17) is 0 Å². The first-order valence-corrected chi connectivity index (χ1v) is 8.50. The van der Waals surface area contributed by atoms with Crippen LogP contribution >= 0.6 is 0 Å². The minimum atomic E-state index is 0.0506. The highest BCUT2D eigenvalue weighted by molar-refractivity contribution is 5.94. The number of carbonyl (C=O) groups excluding carboxylic acids is 1. The minimum Gasteiger partial charge on any atom is -0.345 e. The summed E-state index contributed by atoms with van der Waals surface area (Å²) in [6.45, 7) is 2.83. The second-order valence-electron chi connectivity index (χ2n) is 6.64. The first-order chi connectivity index (χ1) is 11.6. The lowest BCUT2D eigenvalue weighted by molar-refractivity contribution is 0.0827. The van der Waals surface area contributed by atoms with Gasteiger partial charge < -0.3 is 4.90 Å². The van der Waals surface area contributed by atoms with Gasteiger partial charge in [0.05, 0.1) is 6.54 Å². The van der Waals surface area contributed by atoms with E-state index in [1.54, 1.807) is 31.6 Å². The van der Waals surface area contributed by atoms with E-state index in [-0.39, 0.29) is 5.91 Å². The molecule has 1 atom stereocenters. The van der Waals surface area contributed by atoms with Crippen molar-refractivity contribution in [1.82, 2.24) is 24.6 Å². The molecule has 1 aromatic heterocycles. The van der Waals surface area contributed by atoms with Gasteiger partial charge in [-0.2, -0.15) is 5.10 Å². The van der Waals surface area contributed by atoms with E-state index >= 15 is 0 Å². The number of hydrogen-bond donors (Lipinski definition) is 0. The molecule has 0 N–H and O–H groups in total. The molecule has 6 nitrogen and oxygen atoms in total. The zero-order chi connectivity index (χ0) is 16.9. The normalized spacial score (nSPS) is 18.5. The summed E-state index contributed by atoms with van der Waals surface area (Å²) in [5.41, 5.74) is 1.94. The molecule has 0 saturated carbocycles. The first-order valence-electron chi connectivity index (χ1n) is 8.50. The smallest absolute Gasteiger partial charge is 0.253 e. The number of aromatic nitrogens is 3. The first kappa shape index (κ1) is 16.6. The number of nitrogens with zero attached hydrogens (tertiary/aromatic N) is 5. The van der Waals surface area contributed by atoms with Crippen LogP contribution in [0.25, 0.3) is 0 Å². The van der Waals surface area contributed by atoms with E-state index in [9.17, 15) is 4.79 Å². The summed E-state index contributed by atoms with van der Waals surface area (Å²) in [6, 6.07) is 8.45. The number of hydrogen-bond acceptors (Lipinski definition) is 4. The van der Waals surface area contributed by atoms with E-state index in [0.29, 0.717) is 6.04 Å². The van der Waals surface area contributed by atoms with Crippen LogP contribution in [0.2, 0.25) is 0 Å². The van der Waals surface area contributed by atoms with Gasteiger partial charge >= 0.3 is 0 Å². The lowest BCUT2D eigenvalue weighted by atomic mass is 10.0. The van der Waals surface area contributed by atoms with Crippen molar-refractivity contribution in [2.45, 2.75) is 38.4 Å². The Bertz CT molecular complexity index is 668. The van der Waals surface area contributed by atoms with E-state index in [0.717, 1.165) is 25.2 Å². The maximum atomic E-state index is 12.2. The van der Waals surface area contributed by atoms with Gasteiger partial charge in [-0.1, -0.05) is 18.6 Å². The average molecular weight is 327 g/mol. The molecule has 0 aliphatic carbocycles. The zero-order valence-electron chi connectivity index (χ0n) is 14.4. The highest BCUT2D eigenvalue weighted by Crippen LogP contribution is 2.21. The molecule has 6 heteroatoms. The summed E-state index contributed by atoms with van der Waals surface area (Å²) in [5.74, 6) is 0.0506. The van der Waals surface area contributed by atoms with Gasteiger partial charge in [0.15, 0.2) is 0 Å². The van der Waals surface area contributed by atoms with Crippen LogP contribution in [0, 0.1) is 0 Å². The molecule has 2 heterocycles. The summed E-state index contributed by atoms with van der Waals surface area (Å²) in [7, 11) is 3.57. The second kappa shape index (κ2) is 7.57. The Morgan fingerprint density at radius 3 is 2.96 bits per heavy atom. The topological polar surface area (TPSA) is 54.3 Å². The number of carbonyl (C=O) groups is 1. The third-order valence-corrected chi connectivity index (χ3v) is 4.58. The Morgan fingerprint density at radius 2 is 2.21 bits per heavy atom. The fraction of sp³-hybridized carbons (Fsp3) is 0.500. The Hall–Kier alpha value is -2.21. The Balaban J connectivity index is 1.71. The fourth-order valence-corrected chi connectivity index (χ4v) is 3.31. The van der Waals surface area contributed by atoms with Crippen LogP contribution in [0.5, 0.6) is 0 Å². The molecule has 24 heavy (non-hydrogen) atoms. The molecule has 2 aromatic rings. The molecule has 1 aromatic carbocycles. The van der Waals surface area contributed by atoms with E-state index in [1.807, 2.05) is 22.9 Å². The fourth-order valence-electron chi connectivity index (χ4n) is 3.31. The van der Waals surface area contributed by atoms with Crippen molar-refractivity contribution < 1.29 is 4.79 Å². The van der Waals surface area contributed by atoms with Gasteiger partial charge in [-0.05, 0) is 37.1 Å². The quantitative estimate of drug-likeness (QED) is 0.843. The van der Waals surface area contributed by atoms with Crippen molar-refractivity contribution in [3.8, 4) is 0 Å². The van der Waals surface area contributed by atoms with E-state index in [2.05, 4.69) is 21.0 Å². The number of likely N-dealkylation sites (tertiary alicyclic amines) is 1. The van der Waals surface area contributed by atoms with Crippen molar-refractivity contribution in [2.75, 3.05) is 20.6 Å². The summed E-state index contributed by atoms with van der Waals surface area (Å²) < 4.78 is 1.91. The Morgan fingerprint density at radius 1 is 1.33 bits per heavy atom. The number of piperidine rings is 1. The van der Waals surface area contributed by atoms with Crippen LogP contribution in [-0.4, -0.2) is 57.2 Å². The van der Waals surface area contributed by atoms with Gasteiger partial charge in [-0.15, -0.1) is 0 Å². The largest absolute Gasteiger partial charge is 0.345 e. The summed E-state index contributed by atoms with van der Waals surface area (Å²) in [6.07, 6.45) is 7.03. The summed E-state index contributed by atoms with van der Waals surface area (Å²) >= 11 is 0. The molecule has 0 unspecified atom stereocenters. The Labute approximate surface area is 143 Å². The van der Waals surface area contributed by atoms with Crippen LogP contribution < -0.4 is 0 Å². The standard InChI is InChI=1S/C18H25N5O/c1-21(2)18(24)16-7-5-6-15(10-16)11-22-9-4-3-8-17(22)12-23-14-19-13-20-23/h5-7,10,13-14,17H,3-4,8-9,11-12H2,1-2H3/t17-/m1/s1. The third kappa shape index (κ3) is 4.00. The van der Waals surface area contributed by atoms with Crippen LogP contribution in [-0.2, 0) is 13.1 Å². The van der Waals surface area contributed by atoms with E-state index in [1.165, 1.54) is 24.8 Å². The lowest BCUT2D eigenvalue weighted by Crippen LogP contribution is -2.41.